The monoisotopic (exact) mass is 417 g/mol. The number of rotatable bonds is 5. The van der Waals surface area contributed by atoms with Crippen molar-refractivity contribution in [2.45, 2.75) is 90.1 Å². The zero-order chi connectivity index (χ0) is 20.9. The highest BCUT2D eigenvalue weighted by Crippen LogP contribution is 2.67. The fraction of sp³-hybridized carbons (Fsp3) is 0.962. The predicted octanol–water partition coefficient (Wildman–Crippen LogP) is 3.94. The molecule has 4 heteroatoms. The Kier molecular flexibility index (Phi) is 5.82. The van der Waals surface area contributed by atoms with E-state index in [1.165, 1.54) is 32.1 Å². The van der Waals surface area contributed by atoms with Crippen LogP contribution in [-0.2, 0) is 4.79 Å². The summed E-state index contributed by atoms with van der Waals surface area (Å²) in [6, 6.07) is 0. The third-order valence-corrected chi connectivity index (χ3v) is 10.9. The Bertz CT molecular complexity index is 646. The van der Waals surface area contributed by atoms with Gasteiger partial charge in [-0.05, 0) is 99.5 Å². The number of ketones is 1. The molecule has 1 heterocycles. The van der Waals surface area contributed by atoms with Crippen molar-refractivity contribution in [3.8, 4) is 0 Å². The standard InChI is InChI=1S/C26H43NO3/c1-25-11-3-2-6-19(25)18(16-28)24(30)23-20(25)9-13-26(21(23)7-8-22(26)29)12-4-5-17-10-14-27-15-17/h17-21,23-24,27-28,30H,2-16H2,1H3/t17?,18-,19?,20+,21+,23-,24-,25+,26+/m1/s1. The van der Waals surface area contributed by atoms with Gasteiger partial charge in [0.25, 0.3) is 0 Å². The van der Waals surface area contributed by atoms with Crippen LogP contribution < -0.4 is 5.32 Å². The second-order valence-electron chi connectivity index (χ2n) is 11.9. The number of carbonyl (C=O) groups excluding carboxylic acids is 1. The van der Waals surface area contributed by atoms with Crippen molar-refractivity contribution in [3.05, 3.63) is 0 Å². The molecule has 4 saturated carbocycles. The van der Waals surface area contributed by atoms with E-state index in [1.807, 2.05) is 0 Å². The van der Waals surface area contributed by atoms with Gasteiger partial charge in [-0.15, -0.1) is 0 Å². The van der Waals surface area contributed by atoms with E-state index in [0.717, 1.165) is 64.0 Å². The lowest BCUT2D eigenvalue weighted by Crippen LogP contribution is -2.62. The SMILES string of the molecule is C[C@]12CCCCC1[C@@H](CO)[C@@H](O)[C@H]1[C@@H]3CCC(=O)[C@@]3(CCCC3CCNC3)CC[C@@H]12. The first-order chi connectivity index (χ1) is 14.5. The molecule has 5 aliphatic rings. The summed E-state index contributed by atoms with van der Waals surface area (Å²) in [6.07, 6.45) is 13.1. The van der Waals surface area contributed by atoms with Crippen LogP contribution in [0.4, 0.5) is 0 Å². The molecule has 3 N–H and O–H groups in total. The number of Topliss-reactive ketones (excluding diaryl/α,β-unsaturated/α-hetero) is 1. The Hall–Kier alpha value is -0.450. The lowest BCUT2D eigenvalue weighted by atomic mass is 9.42. The number of carbonyl (C=O) groups is 1. The number of hydrogen-bond donors (Lipinski definition) is 3. The van der Waals surface area contributed by atoms with E-state index in [-0.39, 0.29) is 29.3 Å². The van der Waals surface area contributed by atoms with Gasteiger partial charge < -0.3 is 15.5 Å². The van der Waals surface area contributed by atoms with Crippen molar-refractivity contribution in [1.29, 1.82) is 0 Å². The van der Waals surface area contributed by atoms with Crippen LogP contribution in [-0.4, -0.2) is 41.8 Å². The molecule has 1 aliphatic heterocycles. The van der Waals surface area contributed by atoms with Crippen molar-refractivity contribution in [2.24, 2.45) is 46.3 Å². The van der Waals surface area contributed by atoms with Gasteiger partial charge >= 0.3 is 0 Å². The van der Waals surface area contributed by atoms with Crippen LogP contribution in [0.5, 0.6) is 0 Å². The van der Waals surface area contributed by atoms with Gasteiger partial charge in [0.2, 0.25) is 0 Å². The molecular formula is C26H43NO3. The molecule has 5 rings (SSSR count). The molecule has 0 radical (unpaired) electrons. The van der Waals surface area contributed by atoms with Crippen LogP contribution in [0.15, 0.2) is 0 Å². The Morgan fingerprint density at radius 1 is 1.07 bits per heavy atom. The summed E-state index contributed by atoms with van der Waals surface area (Å²) in [7, 11) is 0. The third-order valence-electron chi connectivity index (χ3n) is 10.9. The van der Waals surface area contributed by atoms with Gasteiger partial charge in [0.15, 0.2) is 0 Å². The maximum atomic E-state index is 13.3. The van der Waals surface area contributed by atoms with Gasteiger partial charge in [0, 0.05) is 24.4 Å². The predicted molar refractivity (Wildman–Crippen MR) is 118 cm³/mol. The first-order valence-electron chi connectivity index (χ1n) is 13.0. The molecule has 30 heavy (non-hydrogen) atoms. The van der Waals surface area contributed by atoms with Crippen LogP contribution in [0, 0.1) is 46.3 Å². The molecule has 0 aromatic carbocycles. The van der Waals surface area contributed by atoms with Gasteiger partial charge in [-0.25, -0.2) is 0 Å². The molecule has 0 bridgehead atoms. The Morgan fingerprint density at radius 2 is 1.93 bits per heavy atom. The van der Waals surface area contributed by atoms with E-state index in [0.29, 0.717) is 23.5 Å². The van der Waals surface area contributed by atoms with Crippen molar-refractivity contribution in [2.75, 3.05) is 19.7 Å². The molecule has 1 saturated heterocycles. The maximum absolute atomic E-state index is 13.3. The topological polar surface area (TPSA) is 69.6 Å². The average molecular weight is 418 g/mol. The molecule has 4 nitrogen and oxygen atoms in total. The molecule has 9 atom stereocenters. The number of aliphatic hydroxyl groups excluding tert-OH is 2. The quantitative estimate of drug-likeness (QED) is 0.634. The van der Waals surface area contributed by atoms with Crippen molar-refractivity contribution in [1.82, 2.24) is 5.32 Å². The van der Waals surface area contributed by atoms with Crippen molar-refractivity contribution >= 4 is 5.78 Å². The van der Waals surface area contributed by atoms with Crippen LogP contribution in [0.1, 0.15) is 84.0 Å². The van der Waals surface area contributed by atoms with Crippen LogP contribution >= 0.6 is 0 Å². The van der Waals surface area contributed by atoms with Gasteiger partial charge in [0.1, 0.15) is 5.78 Å². The number of nitrogens with one attached hydrogen (secondary N) is 1. The van der Waals surface area contributed by atoms with Crippen LogP contribution in [0.3, 0.4) is 0 Å². The van der Waals surface area contributed by atoms with E-state index < -0.39 is 6.10 Å². The first-order valence-corrected chi connectivity index (χ1v) is 13.0. The summed E-state index contributed by atoms with van der Waals surface area (Å²) in [4.78, 5) is 13.3. The highest BCUT2D eigenvalue weighted by atomic mass is 16.3. The smallest absolute Gasteiger partial charge is 0.139 e. The Morgan fingerprint density at radius 3 is 2.70 bits per heavy atom. The molecule has 4 aliphatic carbocycles. The third kappa shape index (κ3) is 3.15. The van der Waals surface area contributed by atoms with Gasteiger partial charge in [0.05, 0.1) is 6.10 Å². The largest absolute Gasteiger partial charge is 0.396 e. The second kappa shape index (κ2) is 8.15. The van der Waals surface area contributed by atoms with E-state index in [1.54, 1.807) is 0 Å². The number of aliphatic hydroxyl groups is 2. The Labute approximate surface area is 182 Å². The highest BCUT2D eigenvalue weighted by Gasteiger charge is 2.65. The molecule has 0 amide bonds. The summed E-state index contributed by atoms with van der Waals surface area (Å²) in [5, 5.41) is 25.4. The van der Waals surface area contributed by atoms with Crippen LogP contribution in [0.2, 0.25) is 0 Å². The molecule has 0 aromatic rings. The summed E-state index contributed by atoms with van der Waals surface area (Å²) >= 11 is 0. The minimum Gasteiger partial charge on any atom is -0.396 e. The second-order valence-corrected chi connectivity index (χ2v) is 11.9. The molecule has 5 fully saturated rings. The number of hydrogen-bond acceptors (Lipinski definition) is 4. The average Bonchev–Trinajstić information content (AvgIpc) is 3.37. The summed E-state index contributed by atoms with van der Waals surface area (Å²) in [5.74, 6) is 2.83. The zero-order valence-electron chi connectivity index (χ0n) is 19.0. The fourth-order valence-corrected chi connectivity index (χ4v) is 9.46. The fourth-order valence-electron chi connectivity index (χ4n) is 9.46. The molecule has 0 aromatic heterocycles. The van der Waals surface area contributed by atoms with E-state index in [2.05, 4.69) is 12.2 Å². The lowest BCUT2D eigenvalue weighted by molar-refractivity contribution is -0.198. The normalized spacial score (nSPS) is 50.8. The van der Waals surface area contributed by atoms with Crippen LogP contribution in [0.25, 0.3) is 0 Å². The lowest BCUT2D eigenvalue weighted by Gasteiger charge is -2.63. The molecule has 170 valence electrons. The first kappa shape index (κ1) is 21.4. The van der Waals surface area contributed by atoms with Crippen molar-refractivity contribution in [3.63, 3.8) is 0 Å². The van der Waals surface area contributed by atoms with E-state index >= 15 is 0 Å². The van der Waals surface area contributed by atoms with E-state index in [9.17, 15) is 15.0 Å². The molecular weight excluding hydrogens is 374 g/mol. The summed E-state index contributed by atoms with van der Waals surface area (Å²) in [6.45, 7) is 4.87. The minimum atomic E-state index is -0.425. The summed E-state index contributed by atoms with van der Waals surface area (Å²) < 4.78 is 0. The summed E-state index contributed by atoms with van der Waals surface area (Å²) in [5.41, 5.74) is 0.0644. The maximum Gasteiger partial charge on any atom is 0.139 e. The van der Waals surface area contributed by atoms with Gasteiger partial charge in [-0.1, -0.05) is 26.2 Å². The van der Waals surface area contributed by atoms with E-state index in [4.69, 9.17) is 0 Å². The highest BCUT2D eigenvalue weighted by molar-refractivity contribution is 5.87. The van der Waals surface area contributed by atoms with Crippen molar-refractivity contribution < 1.29 is 15.0 Å². The van der Waals surface area contributed by atoms with Gasteiger partial charge in [-0.3, -0.25) is 4.79 Å². The Balaban J connectivity index is 1.40. The molecule has 2 unspecified atom stereocenters. The number of fused-ring (bicyclic) bond motifs is 5. The molecule has 0 spiro atoms. The zero-order valence-corrected chi connectivity index (χ0v) is 19.0. The van der Waals surface area contributed by atoms with Gasteiger partial charge in [-0.2, -0.15) is 0 Å². The minimum absolute atomic E-state index is 0.00705.